The smallest absolute Gasteiger partial charge is 0.139 e. The van der Waals surface area contributed by atoms with E-state index in [-0.39, 0.29) is 0 Å². The lowest BCUT2D eigenvalue weighted by atomic mass is 10.1. The first-order chi connectivity index (χ1) is 8.46. The quantitative estimate of drug-likeness (QED) is 0.812. The number of hydrogen-bond acceptors (Lipinski definition) is 3. The van der Waals surface area contributed by atoms with Crippen LogP contribution in [0.2, 0.25) is 0 Å². The molecule has 0 amide bonds. The lowest BCUT2D eigenvalue weighted by Crippen LogP contribution is -2.21. The van der Waals surface area contributed by atoms with Gasteiger partial charge in [0, 0.05) is 30.2 Å². The molecule has 18 heavy (non-hydrogen) atoms. The number of hydrogen-bond donors (Lipinski definition) is 2. The Kier molecular flexibility index (Phi) is 3.39. The normalized spacial score (nSPS) is 11.7. The molecule has 4 heteroatoms. The third-order valence-corrected chi connectivity index (χ3v) is 2.82. The molecule has 2 rings (SSSR count). The fraction of sp³-hybridized carbons (Fsp3) is 0.357. The van der Waals surface area contributed by atoms with Crippen LogP contribution in [0.3, 0.4) is 0 Å². The van der Waals surface area contributed by atoms with E-state index < -0.39 is 5.60 Å². The second-order valence-corrected chi connectivity index (χ2v) is 5.13. The monoisotopic (exact) mass is 245 g/mol. The van der Waals surface area contributed by atoms with E-state index in [4.69, 9.17) is 5.73 Å². The molecule has 0 aliphatic carbocycles. The third kappa shape index (κ3) is 3.11. The lowest BCUT2D eigenvalue weighted by molar-refractivity contribution is 0.0663. The van der Waals surface area contributed by atoms with Crippen LogP contribution in [0, 0.1) is 0 Å². The van der Waals surface area contributed by atoms with Gasteiger partial charge < -0.3 is 15.4 Å². The lowest BCUT2D eigenvalue weighted by Gasteiger charge is -2.18. The van der Waals surface area contributed by atoms with Gasteiger partial charge in [0.15, 0.2) is 0 Å². The summed E-state index contributed by atoms with van der Waals surface area (Å²) in [6.45, 7) is 4.35. The Labute approximate surface area is 107 Å². The second-order valence-electron chi connectivity index (χ2n) is 5.13. The number of aryl methyl sites for hydroxylation is 1. The highest BCUT2D eigenvalue weighted by Crippen LogP contribution is 2.21. The van der Waals surface area contributed by atoms with Gasteiger partial charge in [0.25, 0.3) is 0 Å². The molecule has 0 unspecified atom stereocenters. The summed E-state index contributed by atoms with van der Waals surface area (Å²) >= 11 is 0. The number of aromatic nitrogens is 2. The number of aliphatic hydroxyl groups is 1. The zero-order chi connectivity index (χ0) is 13.2. The van der Waals surface area contributed by atoms with E-state index in [0.29, 0.717) is 6.42 Å². The van der Waals surface area contributed by atoms with Gasteiger partial charge in [-0.2, -0.15) is 0 Å². The number of rotatable bonds is 4. The van der Waals surface area contributed by atoms with Crippen molar-refractivity contribution in [3.8, 4) is 11.4 Å². The number of benzene rings is 1. The maximum absolute atomic E-state index is 9.77. The van der Waals surface area contributed by atoms with Gasteiger partial charge in [-0.05, 0) is 32.4 Å². The van der Waals surface area contributed by atoms with E-state index in [1.54, 1.807) is 6.20 Å². The van der Waals surface area contributed by atoms with E-state index >= 15 is 0 Å². The number of nitrogens with zero attached hydrogens (tertiary/aromatic N) is 2. The predicted octanol–water partition coefficient (Wildman–Crippen LogP) is 2.29. The Bertz CT molecular complexity index is 526. The fourth-order valence-electron chi connectivity index (χ4n) is 1.82. The topological polar surface area (TPSA) is 64.1 Å². The molecule has 0 bridgehead atoms. The Morgan fingerprint density at radius 1 is 1.39 bits per heavy atom. The maximum Gasteiger partial charge on any atom is 0.139 e. The summed E-state index contributed by atoms with van der Waals surface area (Å²) in [6.07, 6.45) is 4.37. The average molecular weight is 245 g/mol. The van der Waals surface area contributed by atoms with E-state index in [2.05, 4.69) is 4.98 Å². The molecule has 0 fully saturated rings. The van der Waals surface area contributed by atoms with Crippen LogP contribution in [0.4, 0.5) is 5.69 Å². The van der Waals surface area contributed by atoms with Crippen molar-refractivity contribution < 1.29 is 5.11 Å². The Morgan fingerprint density at radius 2 is 2.17 bits per heavy atom. The molecule has 0 aliphatic rings. The molecular formula is C14H19N3O. The van der Waals surface area contributed by atoms with Crippen LogP contribution in [0.25, 0.3) is 11.4 Å². The summed E-state index contributed by atoms with van der Waals surface area (Å²) in [5.41, 5.74) is 6.83. The van der Waals surface area contributed by atoms with Crippen molar-refractivity contribution in [2.24, 2.45) is 0 Å². The minimum Gasteiger partial charge on any atom is -0.399 e. The van der Waals surface area contributed by atoms with Crippen molar-refractivity contribution in [3.63, 3.8) is 0 Å². The van der Waals surface area contributed by atoms with Crippen LogP contribution in [-0.2, 0) is 6.54 Å². The zero-order valence-electron chi connectivity index (χ0n) is 10.8. The fourth-order valence-corrected chi connectivity index (χ4v) is 1.82. The molecular weight excluding hydrogens is 226 g/mol. The van der Waals surface area contributed by atoms with Crippen LogP contribution in [-0.4, -0.2) is 20.3 Å². The molecule has 96 valence electrons. The molecule has 0 atom stereocenters. The predicted molar refractivity (Wildman–Crippen MR) is 73.0 cm³/mol. The van der Waals surface area contributed by atoms with Gasteiger partial charge in [-0.25, -0.2) is 4.98 Å². The SMILES string of the molecule is CC(C)(O)CCn1ccnc1-c1cccc(N)c1. The van der Waals surface area contributed by atoms with Crippen molar-refractivity contribution >= 4 is 5.69 Å². The van der Waals surface area contributed by atoms with Crippen LogP contribution >= 0.6 is 0 Å². The molecule has 3 N–H and O–H groups in total. The van der Waals surface area contributed by atoms with Crippen LogP contribution in [0.1, 0.15) is 20.3 Å². The molecule has 0 aliphatic heterocycles. The minimum absolute atomic E-state index is 0.669. The van der Waals surface area contributed by atoms with Crippen LogP contribution in [0.15, 0.2) is 36.7 Å². The molecule has 1 heterocycles. The van der Waals surface area contributed by atoms with Gasteiger partial charge in [-0.15, -0.1) is 0 Å². The van der Waals surface area contributed by atoms with Crippen molar-refractivity contribution in [2.75, 3.05) is 5.73 Å². The zero-order valence-corrected chi connectivity index (χ0v) is 10.8. The largest absolute Gasteiger partial charge is 0.399 e. The first-order valence-corrected chi connectivity index (χ1v) is 6.05. The van der Waals surface area contributed by atoms with Gasteiger partial charge in [-0.3, -0.25) is 0 Å². The maximum atomic E-state index is 9.77. The first kappa shape index (κ1) is 12.6. The Balaban J connectivity index is 2.23. The number of nitrogen functional groups attached to an aromatic ring is 1. The van der Waals surface area contributed by atoms with E-state index in [1.807, 2.05) is 48.9 Å². The molecule has 2 aromatic rings. The minimum atomic E-state index is -0.669. The average Bonchev–Trinajstić information content (AvgIpc) is 2.73. The van der Waals surface area contributed by atoms with E-state index in [9.17, 15) is 5.11 Å². The van der Waals surface area contributed by atoms with Crippen molar-refractivity contribution in [1.29, 1.82) is 0 Å². The second kappa shape index (κ2) is 4.82. The molecule has 0 radical (unpaired) electrons. The summed E-state index contributed by atoms with van der Waals surface area (Å²) in [5.74, 6) is 0.881. The third-order valence-electron chi connectivity index (χ3n) is 2.82. The Morgan fingerprint density at radius 3 is 2.83 bits per heavy atom. The first-order valence-electron chi connectivity index (χ1n) is 6.05. The highest BCUT2D eigenvalue weighted by Gasteiger charge is 2.14. The highest BCUT2D eigenvalue weighted by atomic mass is 16.3. The number of imidazole rings is 1. The molecule has 0 saturated carbocycles. The summed E-state index contributed by atoms with van der Waals surface area (Å²) < 4.78 is 2.03. The molecule has 0 spiro atoms. The number of nitrogens with two attached hydrogens (primary N) is 1. The van der Waals surface area contributed by atoms with E-state index in [1.165, 1.54) is 0 Å². The Hall–Kier alpha value is -1.81. The molecule has 1 aromatic carbocycles. The van der Waals surface area contributed by atoms with Gasteiger partial charge >= 0.3 is 0 Å². The van der Waals surface area contributed by atoms with Gasteiger partial charge in [0.1, 0.15) is 5.82 Å². The summed E-state index contributed by atoms with van der Waals surface area (Å²) in [6, 6.07) is 7.66. The van der Waals surface area contributed by atoms with Crippen LogP contribution in [0.5, 0.6) is 0 Å². The summed E-state index contributed by atoms with van der Waals surface area (Å²) in [4.78, 5) is 4.35. The standard InChI is InChI=1S/C14H19N3O/c1-14(2,18)6-8-17-9-7-16-13(17)11-4-3-5-12(15)10-11/h3-5,7,9-10,18H,6,8,15H2,1-2H3. The summed E-state index contributed by atoms with van der Waals surface area (Å²) in [5, 5.41) is 9.77. The molecule has 1 aromatic heterocycles. The van der Waals surface area contributed by atoms with Crippen molar-refractivity contribution in [3.05, 3.63) is 36.7 Å². The van der Waals surface area contributed by atoms with E-state index in [0.717, 1.165) is 23.6 Å². The van der Waals surface area contributed by atoms with Crippen molar-refractivity contribution in [1.82, 2.24) is 9.55 Å². The van der Waals surface area contributed by atoms with Gasteiger partial charge in [0.2, 0.25) is 0 Å². The number of anilines is 1. The highest BCUT2D eigenvalue weighted by molar-refractivity contribution is 5.61. The van der Waals surface area contributed by atoms with Crippen LogP contribution < -0.4 is 5.73 Å². The van der Waals surface area contributed by atoms with Crippen molar-refractivity contribution in [2.45, 2.75) is 32.4 Å². The summed E-state index contributed by atoms with van der Waals surface area (Å²) in [7, 11) is 0. The van der Waals surface area contributed by atoms with Gasteiger partial charge in [-0.1, -0.05) is 12.1 Å². The molecule has 0 saturated heterocycles. The molecule has 4 nitrogen and oxygen atoms in total. The van der Waals surface area contributed by atoms with Gasteiger partial charge in [0.05, 0.1) is 5.60 Å².